The number of hydrogen-bond donors (Lipinski definition) is 1. The summed E-state index contributed by atoms with van der Waals surface area (Å²) >= 11 is 3.48. The van der Waals surface area contributed by atoms with E-state index in [1.807, 2.05) is 12.1 Å². The Morgan fingerprint density at radius 1 is 1.32 bits per heavy atom. The molecule has 0 heterocycles. The lowest BCUT2D eigenvalue weighted by atomic mass is 9.86. The van der Waals surface area contributed by atoms with E-state index >= 15 is 0 Å². The lowest BCUT2D eigenvalue weighted by molar-refractivity contribution is 0.396. The number of methoxy groups -OCH3 is 1. The minimum atomic E-state index is -3.21. The summed E-state index contributed by atoms with van der Waals surface area (Å²) in [6, 6.07) is 3.85. The normalized spacial score (nSPS) is 12.5. The zero-order valence-corrected chi connectivity index (χ0v) is 14.3. The molecule has 0 bridgehead atoms. The minimum absolute atomic E-state index is 0.0450. The van der Waals surface area contributed by atoms with Crippen molar-refractivity contribution < 1.29 is 13.2 Å². The van der Waals surface area contributed by atoms with Gasteiger partial charge in [-0.05, 0) is 23.1 Å². The Hall–Kier alpha value is -0.590. The maximum Gasteiger partial charge on any atom is 0.209 e. The standard InChI is InChI=1S/C13H20BrNO3S/c1-13(2,3)10-7-11(14)9(6-12(10)18-4)8-15-19(5,16)17/h6-7,15H,8H2,1-5H3. The van der Waals surface area contributed by atoms with Crippen LogP contribution in [0.3, 0.4) is 0 Å². The van der Waals surface area contributed by atoms with Crippen molar-refractivity contribution in [3.05, 3.63) is 27.7 Å². The molecule has 108 valence electrons. The fourth-order valence-electron chi connectivity index (χ4n) is 1.69. The average Bonchev–Trinajstić information content (AvgIpc) is 2.24. The van der Waals surface area contributed by atoms with E-state index < -0.39 is 10.0 Å². The molecule has 1 aromatic rings. The van der Waals surface area contributed by atoms with E-state index in [1.165, 1.54) is 0 Å². The number of benzene rings is 1. The molecule has 0 unspecified atom stereocenters. The first kappa shape index (κ1) is 16.5. The second-order valence-electron chi connectivity index (χ2n) is 5.49. The highest BCUT2D eigenvalue weighted by Crippen LogP contribution is 2.35. The lowest BCUT2D eigenvalue weighted by Crippen LogP contribution is -2.22. The van der Waals surface area contributed by atoms with Gasteiger partial charge in [0, 0.05) is 16.6 Å². The molecule has 0 saturated heterocycles. The molecule has 0 aliphatic rings. The molecular formula is C13H20BrNO3S. The fourth-order valence-corrected chi connectivity index (χ4v) is 2.60. The Kier molecular flexibility index (Phi) is 5.03. The Morgan fingerprint density at radius 3 is 2.32 bits per heavy atom. The molecule has 0 spiro atoms. The molecule has 0 aliphatic carbocycles. The molecule has 0 atom stereocenters. The van der Waals surface area contributed by atoms with Crippen LogP contribution in [-0.4, -0.2) is 21.8 Å². The third-order valence-electron chi connectivity index (χ3n) is 2.70. The third-order valence-corrected chi connectivity index (χ3v) is 4.11. The first-order valence-electron chi connectivity index (χ1n) is 5.86. The van der Waals surface area contributed by atoms with Gasteiger partial charge in [-0.3, -0.25) is 0 Å². The maximum absolute atomic E-state index is 11.1. The van der Waals surface area contributed by atoms with Crippen LogP contribution in [0.5, 0.6) is 5.75 Å². The van der Waals surface area contributed by atoms with Gasteiger partial charge in [-0.1, -0.05) is 36.7 Å². The largest absolute Gasteiger partial charge is 0.496 e. The SMILES string of the molecule is COc1cc(CNS(C)(=O)=O)c(Br)cc1C(C)(C)C. The Balaban J connectivity index is 3.17. The third kappa shape index (κ3) is 4.78. The number of rotatable bonds is 4. The van der Waals surface area contributed by atoms with Crippen LogP contribution in [0.15, 0.2) is 16.6 Å². The van der Waals surface area contributed by atoms with Crippen molar-refractivity contribution in [2.75, 3.05) is 13.4 Å². The van der Waals surface area contributed by atoms with Gasteiger partial charge in [-0.15, -0.1) is 0 Å². The number of ether oxygens (including phenoxy) is 1. The van der Waals surface area contributed by atoms with Crippen molar-refractivity contribution in [3.8, 4) is 5.75 Å². The monoisotopic (exact) mass is 349 g/mol. The summed E-state index contributed by atoms with van der Waals surface area (Å²) < 4.78 is 31.0. The summed E-state index contributed by atoms with van der Waals surface area (Å²) in [4.78, 5) is 0. The van der Waals surface area contributed by atoms with Gasteiger partial charge in [0.1, 0.15) is 5.75 Å². The molecule has 1 N–H and O–H groups in total. The number of sulfonamides is 1. The first-order chi connectivity index (χ1) is 8.54. The fraction of sp³-hybridized carbons (Fsp3) is 0.538. The Bertz CT molecular complexity index is 562. The van der Waals surface area contributed by atoms with Crippen LogP contribution in [0.1, 0.15) is 31.9 Å². The molecule has 1 rings (SSSR count). The van der Waals surface area contributed by atoms with Crippen molar-refractivity contribution in [1.29, 1.82) is 0 Å². The van der Waals surface area contributed by atoms with E-state index in [4.69, 9.17) is 4.74 Å². The van der Waals surface area contributed by atoms with Gasteiger partial charge >= 0.3 is 0 Å². The Labute approximate surface area is 123 Å². The minimum Gasteiger partial charge on any atom is -0.496 e. The van der Waals surface area contributed by atoms with Gasteiger partial charge in [-0.2, -0.15) is 0 Å². The van der Waals surface area contributed by atoms with Gasteiger partial charge < -0.3 is 4.74 Å². The van der Waals surface area contributed by atoms with Crippen LogP contribution >= 0.6 is 15.9 Å². The van der Waals surface area contributed by atoms with Crippen LogP contribution < -0.4 is 9.46 Å². The van der Waals surface area contributed by atoms with Crippen LogP contribution in [0, 0.1) is 0 Å². The second-order valence-corrected chi connectivity index (χ2v) is 8.17. The maximum atomic E-state index is 11.1. The molecule has 0 aliphatic heterocycles. The summed E-state index contributed by atoms with van der Waals surface area (Å²) in [5, 5.41) is 0. The van der Waals surface area contributed by atoms with Crippen molar-refractivity contribution in [1.82, 2.24) is 4.72 Å². The van der Waals surface area contributed by atoms with Crippen LogP contribution in [0.4, 0.5) is 0 Å². The quantitative estimate of drug-likeness (QED) is 0.909. The summed E-state index contributed by atoms with van der Waals surface area (Å²) in [5.74, 6) is 0.765. The predicted octanol–water partition coefficient (Wildman–Crippen LogP) is 2.80. The average molecular weight is 350 g/mol. The smallest absolute Gasteiger partial charge is 0.209 e. The molecule has 0 amide bonds. The summed E-state index contributed by atoms with van der Waals surface area (Å²) in [7, 11) is -1.59. The molecule has 0 fully saturated rings. The number of halogens is 1. The first-order valence-corrected chi connectivity index (χ1v) is 8.54. The lowest BCUT2D eigenvalue weighted by Gasteiger charge is -2.23. The van der Waals surface area contributed by atoms with Gasteiger partial charge in [0.25, 0.3) is 0 Å². The summed E-state index contributed by atoms with van der Waals surface area (Å²) in [6.45, 7) is 6.54. The van der Waals surface area contributed by atoms with Gasteiger partial charge in [0.05, 0.1) is 13.4 Å². The highest BCUT2D eigenvalue weighted by Gasteiger charge is 2.20. The molecule has 1 aromatic carbocycles. The van der Waals surface area contributed by atoms with Gasteiger partial charge in [0.15, 0.2) is 0 Å². The van der Waals surface area contributed by atoms with E-state index in [-0.39, 0.29) is 12.0 Å². The van der Waals surface area contributed by atoms with Crippen LogP contribution in [0.2, 0.25) is 0 Å². The molecule has 4 nitrogen and oxygen atoms in total. The number of nitrogens with one attached hydrogen (secondary N) is 1. The van der Waals surface area contributed by atoms with E-state index in [2.05, 4.69) is 41.4 Å². The molecule has 0 aromatic heterocycles. The van der Waals surface area contributed by atoms with Crippen molar-refractivity contribution in [2.24, 2.45) is 0 Å². The molecule has 0 saturated carbocycles. The van der Waals surface area contributed by atoms with Crippen molar-refractivity contribution >= 4 is 26.0 Å². The van der Waals surface area contributed by atoms with Gasteiger partial charge in [-0.25, -0.2) is 13.1 Å². The van der Waals surface area contributed by atoms with Crippen molar-refractivity contribution in [2.45, 2.75) is 32.7 Å². The summed E-state index contributed by atoms with van der Waals surface area (Å²) in [6.07, 6.45) is 1.14. The zero-order chi connectivity index (χ0) is 14.8. The van der Waals surface area contributed by atoms with Crippen LogP contribution in [-0.2, 0) is 22.0 Å². The summed E-state index contributed by atoms with van der Waals surface area (Å²) in [5.41, 5.74) is 1.87. The highest BCUT2D eigenvalue weighted by atomic mass is 79.9. The Morgan fingerprint density at radius 2 is 1.89 bits per heavy atom. The molecular weight excluding hydrogens is 330 g/mol. The topological polar surface area (TPSA) is 55.4 Å². The molecule has 19 heavy (non-hydrogen) atoms. The van der Waals surface area contributed by atoms with Gasteiger partial charge in [0.2, 0.25) is 10.0 Å². The molecule has 0 radical (unpaired) electrons. The zero-order valence-electron chi connectivity index (χ0n) is 11.9. The van der Waals surface area contributed by atoms with E-state index in [0.29, 0.717) is 0 Å². The molecule has 6 heteroatoms. The van der Waals surface area contributed by atoms with E-state index in [1.54, 1.807) is 7.11 Å². The van der Waals surface area contributed by atoms with E-state index in [0.717, 1.165) is 27.6 Å². The highest BCUT2D eigenvalue weighted by molar-refractivity contribution is 9.10. The second kappa shape index (κ2) is 5.81. The van der Waals surface area contributed by atoms with Crippen LogP contribution in [0.25, 0.3) is 0 Å². The number of hydrogen-bond acceptors (Lipinski definition) is 3. The van der Waals surface area contributed by atoms with Crippen molar-refractivity contribution in [3.63, 3.8) is 0 Å². The predicted molar refractivity (Wildman–Crippen MR) is 81.1 cm³/mol. The van der Waals surface area contributed by atoms with E-state index in [9.17, 15) is 8.42 Å².